The zero-order valence-electron chi connectivity index (χ0n) is 15.9. The molecular formula is C20H26N4OS. The van der Waals surface area contributed by atoms with Crippen LogP contribution in [0.25, 0.3) is 6.08 Å². The topological polar surface area (TPSA) is 49.3 Å². The van der Waals surface area contributed by atoms with E-state index < -0.39 is 0 Å². The second kappa shape index (κ2) is 7.58. The lowest BCUT2D eigenvalue weighted by Crippen LogP contribution is -2.48. The van der Waals surface area contributed by atoms with Gasteiger partial charge in [0.2, 0.25) is 11.0 Å². The molecule has 1 saturated heterocycles. The van der Waals surface area contributed by atoms with E-state index in [1.54, 1.807) is 17.4 Å². The number of aromatic nitrogens is 2. The molecule has 1 aromatic carbocycles. The van der Waals surface area contributed by atoms with Gasteiger partial charge in [-0.15, -0.1) is 10.2 Å². The molecule has 1 aliphatic heterocycles. The molecule has 6 heteroatoms. The summed E-state index contributed by atoms with van der Waals surface area (Å²) in [6, 6.07) is 8.40. The van der Waals surface area contributed by atoms with Crippen molar-refractivity contribution in [3.63, 3.8) is 0 Å². The lowest BCUT2D eigenvalue weighted by molar-refractivity contribution is -0.126. The van der Waals surface area contributed by atoms with Gasteiger partial charge in [-0.25, -0.2) is 0 Å². The van der Waals surface area contributed by atoms with Crippen molar-refractivity contribution in [2.24, 2.45) is 0 Å². The zero-order chi connectivity index (χ0) is 18.7. The van der Waals surface area contributed by atoms with Crippen LogP contribution in [-0.4, -0.2) is 47.2 Å². The van der Waals surface area contributed by atoms with Gasteiger partial charge in [-0.2, -0.15) is 0 Å². The standard InChI is InChI=1S/C20H26N4OS/c1-15-21-22-19(26-15)24-13-11-23(12-14-24)18(25)10-7-16-5-8-17(9-6-16)20(2,3)4/h5-10H,11-14H2,1-4H3/b10-7+. The highest BCUT2D eigenvalue weighted by Crippen LogP contribution is 2.23. The normalized spacial score (nSPS) is 15.7. The predicted octanol–water partition coefficient (Wildman–Crippen LogP) is 3.51. The fraction of sp³-hybridized carbons (Fsp3) is 0.450. The summed E-state index contributed by atoms with van der Waals surface area (Å²) in [5.74, 6) is 0.0676. The number of hydrogen-bond donors (Lipinski definition) is 0. The van der Waals surface area contributed by atoms with Gasteiger partial charge in [-0.1, -0.05) is 56.4 Å². The Balaban J connectivity index is 1.54. The molecule has 0 aliphatic carbocycles. The number of piperazine rings is 1. The molecule has 26 heavy (non-hydrogen) atoms. The van der Waals surface area contributed by atoms with Gasteiger partial charge in [0.25, 0.3) is 0 Å². The van der Waals surface area contributed by atoms with E-state index >= 15 is 0 Å². The first kappa shape index (κ1) is 18.6. The van der Waals surface area contributed by atoms with E-state index in [0.29, 0.717) is 13.1 Å². The molecule has 2 heterocycles. The summed E-state index contributed by atoms with van der Waals surface area (Å²) in [5.41, 5.74) is 2.49. The van der Waals surface area contributed by atoms with E-state index in [0.717, 1.165) is 28.8 Å². The van der Waals surface area contributed by atoms with Gasteiger partial charge in [0.05, 0.1) is 0 Å². The second-order valence-corrected chi connectivity index (χ2v) is 8.78. The third kappa shape index (κ3) is 4.49. The van der Waals surface area contributed by atoms with Crippen molar-refractivity contribution < 1.29 is 4.79 Å². The largest absolute Gasteiger partial charge is 0.343 e. The number of amides is 1. The number of carbonyl (C=O) groups excluding carboxylic acids is 1. The lowest BCUT2D eigenvalue weighted by atomic mass is 9.87. The number of hydrogen-bond acceptors (Lipinski definition) is 5. The van der Waals surface area contributed by atoms with Crippen molar-refractivity contribution in [3.8, 4) is 0 Å². The van der Waals surface area contributed by atoms with Crippen molar-refractivity contribution in [1.82, 2.24) is 15.1 Å². The summed E-state index contributed by atoms with van der Waals surface area (Å²) in [7, 11) is 0. The quantitative estimate of drug-likeness (QED) is 0.776. The minimum Gasteiger partial charge on any atom is -0.343 e. The molecule has 0 unspecified atom stereocenters. The van der Waals surface area contributed by atoms with Gasteiger partial charge in [-0.3, -0.25) is 4.79 Å². The van der Waals surface area contributed by atoms with Gasteiger partial charge in [0.15, 0.2) is 0 Å². The highest BCUT2D eigenvalue weighted by molar-refractivity contribution is 7.15. The fourth-order valence-corrected chi connectivity index (χ4v) is 3.64. The maximum atomic E-state index is 12.4. The van der Waals surface area contributed by atoms with E-state index in [9.17, 15) is 4.79 Å². The summed E-state index contributed by atoms with van der Waals surface area (Å²) < 4.78 is 0. The van der Waals surface area contributed by atoms with Crippen molar-refractivity contribution in [2.75, 3.05) is 31.1 Å². The van der Waals surface area contributed by atoms with Crippen molar-refractivity contribution in [3.05, 3.63) is 46.5 Å². The zero-order valence-corrected chi connectivity index (χ0v) is 16.7. The summed E-state index contributed by atoms with van der Waals surface area (Å²) in [4.78, 5) is 16.5. The van der Waals surface area contributed by atoms with Gasteiger partial charge in [0, 0.05) is 32.3 Å². The molecule has 0 bridgehead atoms. The molecule has 1 aliphatic rings. The summed E-state index contributed by atoms with van der Waals surface area (Å²) in [6.07, 6.45) is 3.58. The molecule has 0 radical (unpaired) electrons. The average molecular weight is 371 g/mol. The summed E-state index contributed by atoms with van der Waals surface area (Å²) in [6.45, 7) is 11.6. The third-order valence-electron chi connectivity index (χ3n) is 4.57. The maximum Gasteiger partial charge on any atom is 0.246 e. The fourth-order valence-electron chi connectivity index (χ4n) is 2.90. The Bertz CT molecular complexity index is 781. The molecule has 1 fully saturated rings. The molecule has 1 aromatic heterocycles. The van der Waals surface area contributed by atoms with E-state index in [1.807, 2.05) is 17.9 Å². The van der Waals surface area contributed by atoms with Gasteiger partial charge in [0.1, 0.15) is 5.01 Å². The van der Waals surface area contributed by atoms with Crippen LogP contribution in [0, 0.1) is 6.92 Å². The molecule has 3 rings (SSSR count). The molecule has 1 amide bonds. The average Bonchev–Trinajstić information content (AvgIpc) is 3.06. The number of nitrogens with zero attached hydrogens (tertiary/aromatic N) is 4. The van der Waals surface area contributed by atoms with Crippen LogP contribution in [0.15, 0.2) is 30.3 Å². The number of benzene rings is 1. The van der Waals surface area contributed by atoms with Crippen LogP contribution in [0.2, 0.25) is 0 Å². The molecule has 2 aromatic rings. The number of carbonyl (C=O) groups is 1. The van der Waals surface area contributed by atoms with Gasteiger partial charge < -0.3 is 9.80 Å². The van der Waals surface area contributed by atoms with Crippen LogP contribution >= 0.6 is 11.3 Å². The molecule has 5 nitrogen and oxygen atoms in total. The Kier molecular flexibility index (Phi) is 5.41. The van der Waals surface area contributed by atoms with Crippen LogP contribution in [-0.2, 0) is 10.2 Å². The monoisotopic (exact) mass is 370 g/mol. The Morgan fingerprint density at radius 2 is 1.73 bits per heavy atom. The van der Waals surface area contributed by atoms with Crippen LogP contribution in [0.1, 0.15) is 36.9 Å². The van der Waals surface area contributed by atoms with Crippen LogP contribution in [0.5, 0.6) is 0 Å². The second-order valence-electron chi connectivity index (χ2n) is 7.62. The summed E-state index contributed by atoms with van der Waals surface area (Å²) >= 11 is 1.60. The van der Waals surface area contributed by atoms with E-state index in [-0.39, 0.29) is 11.3 Å². The minimum absolute atomic E-state index is 0.0676. The highest BCUT2D eigenvalue weighted by atomic mass is 32.1. The SMILES string of the molecule is Cc1nnc(N2CCN(C(=O)/C=C/c3ccc(C(C)(C)C)cc3)CC2)s1. The number of anilines is 1. The van der Waals surface area contributed by atoms with Crippen LogP contribution in [0.3, 0.4) is 0 Å². The molecule has 0 atom stereocenters. The molecule has 0 N–H and O–H groups in total. The highest BCUT2D eigenvalue weighted by Gasteiger charge is 2.21. The first-order chi connectivity index (χ1) is 12.3. The first-order valence-corrected chi connectivity index (χ1v) is 9.77. The van der Waals surface area contributed by atoms with Gasteiger partial charge >= 0.3 is 0 Å². The Morgan fingerprint density at radius 3 is 2.27 bits per heavy atom. The smallest absolute Gasteiger partial charge is 0.246 e. The third-order valence-corrected chi connectivity index (χ3v) is 5.47. The first-order valence-electron chi connectivity index (χ1n) is 8.95. The molecule has 0 spiro atoms. The van der Waals surface area contributed by atoms with E-state index in [1.165, 1.54) is 5.56 Å². The number of rotatable bonds is 3. The van der Waals surface area contributed by atoms with Crippen molar-refractivity contribution >= 4 is 28.5 Å². The minimum atomic E-state index is 0.0676. The summed E-state index contributed by atoms with van der Waals surface area (Å²) in [5, 5.41) is 10.2. The van der Waals surface area contributed by atoms with Crippen molar-refractivity contribution in [2.45, 2.75) is 33.1 Å². The Hall–Kier alpha value is -2.21. The lowest BCUT2D eigenvalue weighted by Gasteiger charge is -2.33. The maximum absolute atomic E-state index is 12.4. The molecular weight excluding hydrogens is 344 g/mol. The Morgan fingerprint density at radius 1 is 1.08 bits per heavy atom. The van der Waals surface area contributed by atoms with Crippen LogP contribution in [0.4, 0.5) is 5.13 Å². The molecule has 138 valence electrons. The molecule has 0 saturated carbocycles. The Labute approximate surface area is 159 Å². The van der Waals surface area contributed by atoms with Crippen LogP contribution < -0.4 is 4.90 Å². The van der Waals surface area contributed by atoms with Crippen molar-refractivity contribution in [1.29, 1.82) is 0 Å². The van der Waals surface area contributed by atoms with E-state index in [4.69, 9.17) is 0 Å². The van der Waals surface area contributed by atoms with Gasteiger partial charge in [-0.05, 0) is 29.5 Å². The van der Waals surface area contributed by atoms with E-state index in [2.05, 4.69) is 60.1 Å². The number of aryl methyl sites for hydroxylation is 1. The predicted molar refractivity (Wildman–Crippen MR) is 108 cm³/mol.